The summed E-state index contributed by atoms with van der Waals surface area (Å²) < 4.78 is 0. The van der Waals surface area contributed by atoms with Crippen LogP contribution in [0.4, 0.5) is 5.69 Å². The zero-order valence-corrected chi connectivity index (χ0v) is 19.4. The summed E-state index contributed by atoms with van der Waals surface area (Å²) in [6.07, 6.45) is 2.38. The Balaban J connectivity index is 1.60. The molecule has 2 aromatic carbocycles. The van der Waals surface area contributed by atoms with Gasteiger partial charge in [-0.15, -0.1) is 0 Å². The highest BCUT2D eigenvalue weighted by Gasteiger charge is 2.34. The number of hydrogen-bond acceptors (Lipinski definition) is 3. The van der Waals surface area contributed by atoms with Gasteiger partial charge >= 0.3 is 0 Å². The number of aryl methyl sites for hydroxylation is 3. The number of likely N-dealkylation sites (N-methyl/N-ethyl adjacent to an activating group) is 1. The van der Waals surface area contributed by atoms with E-state index in [1.165, 1.54) is 18.4 Å². The molecule has 3 rings (SSSR count). The largest absolute Gasteiger partial charge is 0.334 e. The molecule has 0 aromatic heterocycles. The lowest BCUT2D eigenvalue weighted by molar-refractivity contribution is -0.135. The first-order valence-corrected chi connectivity index (χ1v) is 11.1. The van der Waals surface area contributed by atoms with Gasteiger partial charge in [0.2, 0.25) is 11.8 Å². The molecule has 2 aromatic rings. The van der Waals surface area contributed by atoms with Crippen LogP contribution in [0, 0.1) is 26.7 Å². The minimum atomic E-state index is -0.102. The Morgan fingerprint density at radius 1 is 1.03 bits per heavy atom. The van der Waals surface area contributed by atoms with Crippen molar-refractivity contribution in [1.82, 2.24) is 9.80 Å². The van der Waals surface area contributed by atoms with E-state index in [9.17, 15) is 9.59 Å². The summed E-state index contributed by atoms with van der Waals surface area (Å²) in [5.41, 5.74) is 5.28. The molecule has 1 N–H and O–H groups in total. The molecule has 1 aliphatic rings. The third-order valence-electron chi connectivity index (χ3n) is 6.07. The van der Waals surface area contributed by atoms with E-state index >= 15 is 0 Å². The lowest BCUT2D eigenvalue weighted by Crippen LogP contribution is -2.45. The molecule has 5 heteroatoms. The molecule has 0 unspecified atom stereocenters. The predicted octanol–water partition coefficient (Wildman–Crippen LogP) is 4.31. The minimum absolute atomic E-state index is 0.0706. The number of hydrogen-bond donors (Lipinski definition) is 1. The van der Waals surface area contributed by atoms with Crippen molar-refractivity contribution in [1.29, 1.82) is 0 Å². The van der Waals surface area contributed by atoms with Gasteiger partial charge in [0.05, 0.1) is 13.1 Å². The summed E-state index contributed by atoms with van der Waals surface area (Å²) in [6, 6.07) is 14.5. The van der Waals surface area contributed by atoms with Crippen LogP contribution >= 0.6 is 0 Å². The lowest BCUT2D eigenvalue weighted by atomic mass is 10.1. The summed E-state index contributed by atoms with van der Waals surface area (Å²) in [7, 11) is 1.83. The second kappa shape index (κ2) is 10.1. The Bertz CT molecular complexity index is 898. The van der Waals surface area contributed by atoms with Gasteiger partial charge in [-0.05, 0) is 70.2 Å². The van der Waals surface area contributed by atoms with Crippen LogP contribution in [0.25, 0.3) is 0 Å². The molecular weight excluding hydrogens is 386 g/mol. The van der Waals surface area contributed by atoms with Crippen molar-refractivity contribution < 1.29 is 9.59 Å². The first kappa shape index (κ1) is 23.0. The highest BCUT2D eigenvalue weighted by Crippen LogP contribution is 2.35. The van der Waals surface area contributed by atoms with Crippen LogP contribution in [0.1, 0.15) is 42.0 Å². The van der Waals surface area contributed by atoms with Crippen molar-refractivity contribution in [3.8, 4) is 0 Å². The summed E-state index contributed by atoms with van der Waals surface area (Å²) in [4.78, 5) is 29.6. The normalized spacial score (nSPS) is 14.4. The quantitative estimate of drug-likeness (QED) is 0.656. The van der Waals surface area contributed by atoms with E-state index in [0.717, 1.165) is 22.4 Å². The second-order valence-electron chi connectivity index (χ2n) is 9.08. The first-order valence-electron chi connectivity index (χ1n) is 11.1. The van der Waals surface area contributed by atoms with Gasteiger partial charge in [-0.1, -0.05) is 48.0 Å². The highest BCUT2D eigenvalue weighted by atomic mass is 16.2. The van der Waals surface area contributed by atoms with Crippen LogP contribution < -0.4 is 5.32 Å². The zero-order valence-electron chi connectivity index (χ0n) is 19.4. The van der Waals surface area contributed by atoms with Crippen molar-refractivity contribution in [2.45, 2.75) is 53.1 Å². The van der Waals surface area contributed by atoms with Gasteiger partial charge in [-0.25, -0.2) is 0 Å². The molecule has 0 radical (unpaired) electrons. The van der Waals surface area contributed by atoms with E-state index in [1.807, 2.05) is 44.0 Å². The second-order valence-corrected chi connectivity index (χ2v) is 9.08. The predicted molar refractivity (Wildman–Crippen MR) is 126 cm³/mol. The van der Waals surface area contributed by atoms with Crippen LogP contribution in [-0.2, 0) is 16.1 Å². The van der Waals surface area contributed by atoms with E-state index in [4.69, 9.17) is 0 Å². The summed E-state index contributed by atoms with van der Waals surface area (Å²) in [5.74, 6) is 0.560. The molecule has 0 saturated heterocycles. The number of nitrogens with one attached hydrogen (secondary N) is 1. The maximum atomic E-state index is 13.2. The number of anilines is 1. The molecule has 0 aliphatic heterocycles. The van der Waals surface area contributed by atoms with E-state index in [1.54, 1.807) is 4.90 Å². The molecule has 1 fully saturated rings. The summed E-state index contributed by atoms with van der Waals surface area (Å²) in [5, 5.41) is 3.02. The molecule has 0 spiro atoms. The standard InChI is InChI=1S/C26H35N3O2/c1-18-13-19(2)26(20(3)14-18)27-24(30)16-28(5)17-25(31)29(21(4)23-11-12-23)15-22-9-7-6-8-10-22/h6-10,13-14,21,23H,11-12,15-17H2,1-5H3,(H,27,30)/t21-/m0/s1. The Morgan fingerprint density at radius 2 is 1.65 bits per heavy atom. The molecule has 31 heavy (non-hydrogen) atoms. The molecule has 1 saturated carbocycles. The van der Waals surface area contributed by atoms with Gasteiger partial charge in [0.15, 0.2) is 0 Å². The average molecular weight is 422 g/mol. The number of carbonyl (C=O) groups excluding carboxylic acids is 2. The third kappa shape index (κ3) is 6.41. The number of benzene rings is 2. The van der Waals surface area contributed by atoms with E-state index in [2.05, 4.69) is 43.4 Å². The monoisotopic (exact) mass is 421 g/mol. The Kier molecular flexibility index (Phi) is 7.50. The number of amides is 2. The fourth-order valence-corrected chi connectivity index (χ4v) is 4.25. The molecule has 0 bridgehead atoms. The fraction of sp³-hybridized carbons (Fsp3) is 0.462. The first-order chi connectivity index (χ1) is 14.7. The molecule has 1 atom stereocenters. The number of nitrogens with zero attached hydrogens (tertiary/aromatic N) is 2. The Labute approximate surface area is 186 Å². The molecule has 0 heterocycles. The number of rotatable bonds is 9. The van der Waals surface area contributed by atoms with Gasteiger partial charge in [-0.2, -0.15) is 0 Å². The number of carbonyl (C=O) groups is 2. The van der Waals surface area contributed by atoms with Gasteiger partial charge in [-0.3, -0.25) is 14.5 Å². The van der Waals surface area contributed by atoms with E-state index < -0.39 is 0 Å². The van der Waals surface area contributed by atoms with Crippen LogP contribution in [0.15, 0.2) is 42.5 Å². The van der Waals surface area contributed by atoms with Crippen molar-refractivity contribution in [3.05, 3.63) is 64.7 Å². The summed E-state index contributed by atoms with van der Waals surface area (Å²) in [6.45, 7) is 9.22. The molecule has 2 amide bonds. The SMILES string of the molecule is Cc1cc(C)c(NC(=O)CN(C)CC(=O)N(Cc2ccccc2)[C@@H](C)C2CC2)c(C)c1. The van der Waals surface area contributed by atoms with Crippen LogP contribution in [0.3, 0.4) is 0 Å². The maximum Gasteiger partial charge on any atom is 0.238 e. The lowest BCUT2D eigenvalue weighted by Gasteiger charge is -2.31. The van der Waals surface area contributed by atoms with Gasteiger partial charge < -0.3 is 10.2 Å². The molecular formula is C26H35N3O2. The molecule has 5 nitrogen and oxygen atoms in total. The third-order valence-corrected chi connectivity index (χ3v) is 6.07. The zero-order chi connectivity index (χ0) is 22.5. The van der Waals surface area contributed by atoms with Gasteiger partial charge in [0.1, 0.15) is 0 Å². The minimum Gasteiger partial charge on any atom is -0.334 e. The van der Waals surface area contributed by atoms with Crippen LogP contribution in [0.5, 0.6) is 0 Å². The van der Waals surface area contributed by atoms with E-state index in [-0.39, 0.29) is 30.9 Å². The smallest absolute Gasteiger partial charge is 0.238 e. The Morgan fingerprint density at radius 3 is 2.23 bits per heavy atom. The van der Waals surface area contributed by atoms with Crippen molar-refractivity contribution in [2.75, 3.05) is 25.5 Å². The average Bonchev–Trinajstić information content (AvgIpc) is 3.54. The maximum absolute atomic E-state index is 13.2. The van der Waals surface area contributed by atoms with Crippen molar-refractivity contribution in [2.24, 2.45) is 5.92 Å². The Hall–Kier alpha value is -2.66. The fourth-order valence-electron chi connectivity index (χ4n) is 4.25. The van der Waals surface area contributed by atoms with Crippen LogP contribution in [0.2, 0.25) is 0 Å². The van der Waals surface area contributed by atoms with Crippen LogP contribution in [-0.4, -0.2) is 47.8 Å². The van der Waals surface area contributed by atoms with E-state index in [0.29, 0.717) is 12.5 Å². The summed E-state index contributed by atoms with van der Waals surface area (Å²) >= 11 is 0. The van der Waals surface area contributed by atoms with Crippen molar-refractivity contribution in [3.63, 3.8) is 0 Å². The highest BCUT2D eigenvalue weighted by molar-refractivity contribution is 5.94. The molecule has 166 valence electrons. The van der Waals surface area contributed by atoms with Gasteiger partial charge in [0.25, 0.3) is 0 Å². The van der Waals surface area contributed by atoms with Crippen molar-refractivity contribution >= 4 is 17.5 Å². The topological polar surface area (TPSA) is 52.7 Å². The van der Waals surface area contributed by atoms with Gasteiger partial charge in [0, 0.05) is 18.3 Å². The molecule has 1 aliphatic carbocycles.